The Morgan fingerprint density at radius 2 is 2.16 bits per heavy atom. The highest BCUT2D eigenvalue weighted by Crippen LogP contribution is 2.49. The van der Waals surface area contributed by atoms with Crippen LogP contribution in [0.3, 0.4) is 0 Å². The quantitative estimate of drug-likeness (QED) is 0.448. The van der Waals surface area contributed by atoms with Gasteiger partial charge in [0, 0.05) is 17.3 Å². The number of carbonyl (C=O) groups excluding carboxylic acids is 1. The lowest BCUT2D eigenvalue weighted by molar-refractivity contribution is -0.529. The van der Waals surface area contributed by atoms with E-state index in [1.54, 1.807) is 6.92 Å². The van der Waals surface area contributed by atoms with Crippen LogP contribution in [0.1, 0.15) is 25.3 Å². The first kappa shape index (κ1) is 13.5. The first-order valence-electron chi connectivity index (χ1n) is 6.47. The predicted molar refractivity (Wildman–Crippen MR) is 69.2 cm³/mol. The average Bonchev–Trinajstić information content (AvgIpc) is 3.14. The maximum atomic E-state index is 11.7. The molecule has 1 aliphatic rings. The summed E-state index contributed by atoms with van der Waals surface area (Å²) in [7, 11) is 0. The third-order valence-electron chi connectivity index (χ3n) is 3.65. The molecule has 0 N–H and O–H groups in total. The standard InChI is InChI=1S/C14H17NO4/c1-2-19-13(16)14(15(17)18)10-12(14)9-8-11-6-4-3-5-7-11/h3-7,12H,2,8-10H2,1H3/t12?,14-/m0/s1. The molecule has 1 aromatic carbocycles. The lowest BCUT2D eigenvalue weighted by Crippen LogP contribution is -2.36. The van der Waals surface area contributed by atoms with Crippen LogP contribution in [0.15, 0.2) is 30.3 Å². The normalized spacial score (nSPS) is 24.8. The van der Waals surface area contributed by atoms with Crippen molar-refractivity contribution in [3.05, 3.63) is 46.0 Å². The molecule has 0 aliphatic heterocycles. The minimum atomic E-state index is -1.48. The number of nitro groups is 1. The number of benzene rings is 1. The lowest BCUT2D eigenvalue weighted by atomic mass is 10.1. The fourth-order valence-electron chi connectivity index (χ4n) is 2.45. The van der Waals surface area contributed by atoms with Crippen LogP contribution in [0.5, 0.6) is 0 Å². The van der Waals surface area contributed by atoms with Gasteiger partial charge in [-0.05, 0) is 25.3 Å². The molecule has 0 radical (unpaired) electrons. The molecule has 2 atom stereocenters. The molecule has 0 amide bonds. The van der Waals surface area contributed by atoms with Crippen molar-refractivity contribution in [3.63, 3.8) is 0 Å². The van der Waals surface area contributed by atoms with E-state index in [9.17, 15) is 14.9 Å². The van der Waals surface area contributed by atoms with Crippen LogP contribution in [-0.4, -0.2) is 23.0 Å². The maximum absolute atomic E-state index is 11.7. The van der Waals surface area contributed by atoms with Crippen molar-refractivity contribution in [1.29, 1.82) is 0 Å². The molecule has 1 aliphatic carbocycles. The lowest BCUT2D eigenvalue weighted by Gasteiger charge is -2.08. The summed E-state index contributed by atoms with van der Waals surface area (Å²) in [5.74, 6) is -0.889. The van der Waals surface area contributed by atoms with Gasteiger partial charge in [0.1, 0.15) is 0 Å². The molecule has 102 valence electrons. The topological polar surface area (TPSA) is 69.4 Å². The minimum absolute atomic E-state index is 0.180. The van der Waals surface area contributed by atoms with Gasteiger partial charge in [-0.3, -0.25) is 10.1 Å². The van der Waals surface area contributed by atoms with E-state index in [0.717, 1.165) is 12.0 Å². The van der Waals surface area contributed by atoms with Gasteiger partial charge in [-0.15, -0.1) is 0 Å². The summed E-state index contributed by atoms with van der Waals surface area (Å²) in [4.78, 5) is 22.4. The minimum Gasteiger partial charge on any atom is -0.461 e. The van der Waals surface area contributed by atoms with Gasteiger partial charge in [0.2, 0.25) is 0 Å². The molecule has 0 heterocycles. The summed E-state index contributed by atoms with van der Waals surface area (Å²) < 4.78 is 4.83. The molecule has 0 aromatic heterocycles. The number of hydrogen-bond donors (Lipinski definition) is 0. The number of rotatable bonds is 6. The highest BCUT2D eigenvalue weighted by Gasteiger charge is 2.72. The highest BCUT2D eigenvalue weighted by atomic mass is 16.6. The number of ether oxygens (including phenoxy) is 1. The molecule has 0 spiro atoms. The van der Waals surface area contributed by atoms with E-state index in [1.165, 1.54) is 0 Å². The van der Waals surface area contributed by atoms with Crippen LogP contribution in [-0.2, 0) is 16.0 Å². The van der Waals surface area contributed by atoms with E-state index in [0.29, 0.717) is 12.8 Å². The Morgan fingerprint density at radius 3 is 2.74 bits per heavy atom. The number of aryl methyl sites for hydroxylation is 1. The molecule has 1 unspecified atom stereocenters. The van der Waals surface area contributed by atoms with Crippen molar-refractivity contribution in [3.8, 4) is 0 Å². The molecule has 0 saturated heterocycles. The molecule has 1 fully saturated rings. The van der Waals surface area contributed by atoms with Gasteiger partial charge >= 0.3 is 11.5 Å². The van der Waals surface area contributed by atoms with Crippen LogP contribution in [0.4, 0.5) is 0 Å². The Labute approximate surface area is 111 Å². The Morgan fingerprint density at radius 1 is 1.47 bits per heavy atom. The van der Waals surface area contributed by atoms with Gasteiger partial charge in [-0.25, -0.2) is 4.79 Å². The van der Waals surface area contributed by atoms with E-state index in [2.05, 4.69) is 0 Å². The average molecular weight is 263 g/mol. The molecule has 5 nitrogen and oxygen atoms in total. The number of carbonyl (C=O) groups is 1. The maximum Gasteiger partial charge on any atom is 0.385 e. The third kappa shape index (κ3) is 2.59. The van der Waals surface area contributed by atoms with Crippen LogP contribution >= 0.6 is 0 Å². The first-order chi connectivity index (χ1) is 9.11. The van der Waals surface area contributed by atoms with Crippen LogP contribution in [0.25, 0.3) is 0 Å². The van der Waals surface area contributed by atoms with Crippen molar-refractivity contribution in [2.75, 3.05) is 6.61 Å². The fraction of sp³-hybridized carbons (Fsp3) is 0.500. The van der Waals surface area contributed by atoms with Crippen LogP contribution in [0, 0.1) is 16.0 Å². The zero-order valence-corrected chi connectivity index (χ0v) is 10.9. The molecule has 19 heavy (non-hydrogen) atoms. The Kier molecular flexibility index (Phi) is 3.83. The molecular formula is C14H17NO4. The smallest absolute Gasteiger partial charge is 0.385 e. The second-order valence-corrected chi connectivity index (χ2v) is 4.83. The fourth-order valence-corrected chi connectivity index (χ4v) is 2.45. The Bertz CT molecular complexity index is 474. The zero-order valence-electron chi connectivity index (χ0n) is 10.9. The van der Waals surface area contributed by atoms with E-state index in [4.69, 9.17) is 4.74 Å². The number of esters is 1. The summed E-state index contributed by atoms with van der Waals surface area (Å²) in [6.45, 7) is 1.84. The molecule has 1 saturated carbocycles. The second kappa shape index (κ2) is 5.38. The van der Waals surface area contributed by atoms with Crippen molar-refractivity contribution < 1.29 is 14.5 Å². The second-order valence-electron chi connectivity index (χ2n) is 4.83. The molecule has 1 aromatic rings. The van der Waals surface area contributed by atoms with E-state index in [-0.39, 0.29) is 12.5 Å². The van der Waals surface area contributed by atoms with Gasteiger partial charge in [-0.1, -0.05) is 30.3 Å². The van der Waals surface area contributed by atoms with E-state index >= 15 is 0 Å². The molecule has 5 heteroatoms. The molecular weight excluding hydrogens is 246 g/mol. The van der Waals surface area contributed by atoms with Crippen LogP contribution in [0.2, 0.25) is 0 Å². The Hall–Kier alpha value is -1.91. The van der Waals surface area contributed by atoms with Gasteiger partial charge in [0.05, 0.1) is 6.61 Å². The highest BCUT2D eigenvalue weighted by molar-refractivity contribution is 5.83. The summed E-state index contributed by atoms with van der Waals surface area (Å²) >= 11 is 0. The summed E-state index contributed by atoms with van der Waals surface area (Å²) in [5, 5.41) is 11.1. The van der Waals surface area contributed by atoms with Gasteiger partial charge in [0.25, 0.3) is 0 Å². The summed E-state index contributed by atoms with van der Waals surface area (Å²) in [5.41, 5.74) is -0.347. The summed E-state index contributed by atoms with van der Waals surface area (Å²) in [6, 6.07) is 9.78. The number of hydrogen-bond acceptors (Lipinski definition) is 4. The van der Waals surface area contributed by atoms with E-state index in [1.807, 2.05) is 30.3 Å². The summed E-state index contributed by atoms with van der Waals surface area (Å²) in [6.07, 6.45) is 1.69. The SMILES string of the molecule is CCOC(=O)[C@]1([N+](=O)[O-])CC1CCc1ccccc1. The first-order valence-corrected chi connectivity index (χ1v) is 6.47. The largest absolute Gasteiger partial charge is 0.461 e. The van der Waals surface area contributed by atoms with Crippen molar-refractivity contribution in [2.24, 2.45) is 5.92 Å². The van der Waals surface area contributed by atoms with Crippen LogP contribution < -0.4 is 0 Å². The van der Waals surface area contributed by atoms with Gasteiger partial charge < -0.3 is 4.74 Å². The molecule has 0 bridgehead atoms. The van der Waals surface area contributed by atoms with E-state index < -0.39 is 16.4 Å². The van der Waals surface area contributed by atoms with Crippen molar-refractivity contribution >= 4 is 5.97 Å². The monoisotopic (exact) mass is 263 g/mol. The third-order valence-corrected chi connectivity index (χ3v) is 3.65. The van der Waals surface area contributed by atoms with Gasteiger partial charge in [0.15, 0.2) is 0 Å². The van der Waals surface area contributed by atoms with Crippen molar-refractivity contribution in [2.45, 2.75) is 31.7 Å². The number of nitrogens with zero attached hydrogens (tertiary/aromatic N) is 1. The molecule has 2 rings (SSSR count). The zero-order chi connectivity index (χ0) is 13.9. The Balaban J connectivity index is 1.96. The predicted octanol–water partition coefficient (Wildman–Crippen LogP) is 2.22. The van der Waals surface area contributed by atoms with Gasteiger partial charge in [-0.2, -0.15) is 0 Å². The van der Waals surface area contributed by atoms with Crippen molar-refractivity contribution in [1.82, 2.24) is 0 Å².